The number of methoxy groups -OCH3 is 1. The largest absolute Gasteiger partial charge is 0.611 e. The maximum absolute atomic E-state index is 12.2. The molecule has 0 aliphatic carbocycles. The van der Waals surface area contributed by atoms with Crippen LogP contribution in [0.2, 0.25) is 0 Å². The van der Waals surface area contributed by atoms with Gasteiger partial charge in [-0.05, 0) is 35.4 Å². The summed E-state index contributed by atoms with van der Waals surface area (Å²) in [5, 5.41) is 0. The van der Waals surface area contributed by atoms with E-state index in [2.05, 4.69) is 4.98 Å². The lowest BCUT2D eigenvalue weighted by Crippen LogP contribution is -2.12. The van der Waals surface area contributed by atoms with Crippen LogP contribution in [0.1, 0.15) is 5.69 Å². The van der Waals surface area contributed by atoms with E-state index in [1.165, 1.54) is 0 Å². The van der Waals surface area contributed by atoms with Crippen molar-refractivity contribution in [2.24, 2.45) is 0 Å². The third kappa shape index (κ3) is 3.73. The van der Waals surface area contributed by atoms with Crippen molar-refractivity contribution < 1.29 is 9.29 Å². The molecule has 19 heavy (non-hydrogen) atoms. The lowest BCUT2D eigenvalue weighted by molar-refractivity contribution is 0.186. The monoisotopic (exact) mass is 279 g/mol. The summed E-state index contributed by atoms with van der Waals surface area (Å²) in [7, 11) is 1.66. The smallest absolute Gasteiger partial charge is 0.153 e. The van der Waals surface area contributed by atoms with E-state index in [0.717, 1.165) is 10.6 Å². The van der Waals surface area contributed by atoms with Crippen molar-refractivity contribution in [3.05, 3.63) is 42.5 Å². The van der Waals surface area contributed by atoms with Gasteiger partial charge < -0.3 is 19.6 Å². The number of nitrogens with zero attached hydrogens (tertiary/aromatic N) is 2. The van der Waals surface area contributed by atoms with E-state index >= 15 is 0 Å². The first kappa shape index (κ1) is 13.9. The van der Waals surface area contributed by atoms with Crippen LogP contribution in [0.15, 0.2) is 41.7 Å². The molecular weight excluding hydrogens is 262 g/mol. The van der Waals surface area contributed by atoms with E-state index in [0.29, 0.717) is 24.6 Å². The van der Waals surface area contributed by atoms with Crippen LogP contribution in [0.25, 0.3) is 0 Å². The van der Waals surface area contributed by atoms with Crippen LogP contribution in [0.5, 0.6) is 0 Å². The summed E-state index contributed by atoms with van der Waals surface area (Å²) in [6, 6.07) is 7.10. The fraction of sp³-hybridized carbons (Fsp3) is 0.308. The Morgan fingerprint density at radius 2 is 2.11 bits per heavy atom. The summed E-state index contributed by atoms with van der Waals surface area (Å²) in [5.74, 6) is 0.438. The molecule has 102 valence electrons. The number of hydrogen-bond donors (Lipinski definition) is 1. The number of rotatable bonds is 6. The minimum absolute atomic E-state index is 0.438. The average Bonchev–Trinajstić information content (AvgIpc) is 2.84. The van der Waals surface area contributed by atoms with Gasteiger partial charge in [-0.15, -0.1) is 0 Å². The summed E-state index contributed by atoms with van der Waals surface area (Å²) in [6.07, 6.45) is 3.47. The standard InChI is InChI=1S/C13H17N3O2S/c1-18-7-6-16-10-15-8-12(16)9-19(17)13-4-2-11(14)3-5-13/h2-5,8,10H,6-7,9,14H2,1H3/t19-/m0/s1. The molecule has 0 fully saturated rings. The molecule has 0 saturated carbocycles. The number of ether oxygens (including phenoxy) is 1. The van der Waals surface area contributed by atoms with Gasteiger partial charge >= 0.3 is 0 Å². The lowest BCUT2D eigenvalue weighted by atomic mass is 10.3. The third-order valence-electron chi connectivity index (χ3n) is 2.76. The van der Waals surface area contributed by atoms with Gasteiger partial charge in [-0.3, -0.25) is 0 Å². The molecule has 6 heteroatoms. The van der Waals surface area contributed by atoms with Gasteiger partial charge in [0, 0.05) is 19.3 Å². The zero-order valence-electron chi connectivity index (χ0n) is 10.8. The van der Waals surface area contributed by atoms with Crippen LogP contribution in [0.4, 0.5) is 5.69 Å². The maximum Gasteiger partial charge on any atom is 0.153 e. The van der Waals surface area contributed by atoms with Gasteiger partial charge in [0.15, 0.2) is 10.6 Å². The van der Waals surface area contributed by atoms with E-state index in [4.69, 9.17) is 10.5 Å². The highest BCUT2D eigenvalue weighted by Crippen LogP contribution is 2.17. The molecule has 0 unspecified atom stereocenters. The average molecular weight is 279 g/mol. The van der Waals surface area contributed by atoms with E-state index < -0.39 is 11.2 Å². The number of nitrogen functional groups attached to an aromatic ring is 1. The molecule has 0 aliphatic rings. The number of imidazole rings is 1. The Bertz CT molecular complexity index is 513. The molecule has 5 nitrogen and oxygen atoms in total. The zero-order chi connectivity index (χ0) is 13.7. The SMILES string of the molecule is COCCn1cncc1C[S@+]([O-])c1ccc(N)cc1. The van der Waals surface area contributed by atoms with Crippen LogP contribution >= 0.6 is 0 Å². The Balaban J connectivity index is 2.04. The van der Waals surface area contributed by atoms with Gasteiger partial charge in [-0.2, -0.15) is 0 Å². The molecule has 2 aromatic rings. The van der Waals surface area contributed by atoms with Crippen molar-refractivity contribution in [2.45, 2.75) is 17.2 Å². The van der Waals surface area contributed by atoms with Gasteiger partial charge in [-0.25, -0.2) is 4.98 Å². The summed E-state index contributed by atoms with van der Waals surface area (Å²) < 4.78 is 19.2. The van der Waals surface area contributed by atoms with Gasteiger partial charge in [-0.1, -0.05) is 0 Å². The molecule has 1 aromatic heterocycles. The molecule has 0 amide bonds. The fourth-order valence-corrected chi connectivity index (χ4v) is 2.81. The quantitative estimate of drug-likeness (QED) is 0.641. The minimum Gasteiger partial charge on any atom is -0.611 e. The van der Waals surface area contributed by atoms with Crippen molar-refractivity contribution in [1.29, 1.82) is 0 Å². The molecule has 1 heterocycles. The highest BCUT2D eigenvalue weighted by atomic mass is 32.2. The van der Waals surface area contributed by atoms with Crippen molar-refractivity contribution in [3.8, 4) is 0 Å². The summed E-state index contributed by atoms with van der Waals surface area (Å²) >= 11 is -1.09. The van der Waals surface area contributed by atoms with Crippen LogP contribution in [-0.2, 0) is 28.2 Å². The molecule has 0 saturated heterocycles. The molecule has 1 atom stereocenters. The zero-order valence-corrected chi connectivity index (χ0v) is 11.6. The highest BCUT2D eigenvalue weighted by Gasteiger charge is 2.14. The molecule has 0 spiro atoms. The second kappa shape index (κ2) is 6.60. The minimum atomic E-state index is -1.09. The van der Waals surface area contributed by atoms with Crippen molar-refractivity contribution >= 4 is 16.9 Å². The normalized spacial score (nSPS) is 12.5. The molecule has 2 rings (SSSR count). The van der Waals surface area contributed by atoms with Crippen LogP contribution in [0, 0.1) is 0 Å². The topological polar surface area (TPSA) is 76.1 Å². The Morgan fingerprint density at radius 3 is 2.79 bits per heavy atom. The third-order valence-corrected chi connectivity index (χ3v) is 4.11. The number of aromatic nitrogens is 2. The maximum atomic E-state index is 12.2. The molecule has 0 radical (unpaired) electrons. The van der Waals surface area contributed by atoms with Crippen molar-refractivity contribution in [3.63, 3.8) is 0 Å². The molecular formula is C13H17N3O2S. The second-order valence-corrected chi connectivity index (χ2v) is 5.58. The highest BCUT2D eigenvalue weighted by molar-refractivity contribution is 7.90. The molecule has 0 bridgehead atoms. The summed E-state index contributed by atoms with van der Waals surface area (Å²) in [4.78, 5) is 4.86. The predicted octanol–water partition coefficient (Wildman–Crippen LogP) is 1.42. The lowest BCUT2D eigenvalue weighted by Gasteiger charge is -2.12. The Kier molecular flexibility index (Phi) is 4.84. The van der Waals surface area contributed by atoms with Gasteiger partial charge in [0.2, 0.25) is 0 Å². The van der Waals surface area contributed by atoms with Gasteiger partial charge in [0.1, 0.15) is 0 Å². The van der Waals surface area contributed by atoms with Crippen LogP contribution < -0.4 is 5.73 Å². The Hall–Kier alpha value is -1.50. The number of anilines is 1. The van der Waals surface area contributed by atoms with E-state index in [-0.39, 0.29) is 0 Å². The van der Waals surface area contributed by atoms with Crippen LogP contribution in [0.3, 0.4) is 0 Å². The van der Waals surface area contributed by atoms with Crippen LogP contribution in [-0.4, -0.2) is 27.8 Å². The molecule has 2 N–H and O–H groups in total. The predicted molar refractivity (Wildman–Crippen MR) is 75.1 cm³/mol. The van der Waals surface area contributed by atoms with E-state index in [1.807, 2.05) is 4.57 Å². The number of hydrogen-bond acceptors (Lipinski definition) is 4. The Morgan fingerprint density at radius 1 is 1.37 bits per heavy atom. The van der Waals surface area contributed by atoms with Gasteiger partial charge in [0.25, 0.3) is 0 Å². The first-order chi connectivity index (χ1) is 9.20. The first-order valence-corrected chi connectivity index (χ1v) is 7.24. The van der Waals surface area contributed by atoms with E-state index in [9.17, 15) is 4.55 Å². The van der Waals surface area contributed by atoms with Gasteiger partial charge in [0.05, 0.1) is 24.8 Å². The summed E-state index contributed by atoms with van der Waals surface area (Å²) in [6.45, 7) is 1.32. The summed E-state index contributed by atoms with van der Waals surface area (Å²) in [5.41, 5.74) is 7.22. The second-order valence-electron chi connectivity index (χ2n) is 4.13. The molecule has 1 aromatic carbocycles. The van der Waals surface area contributed by atoms with Crippen molar-refractivity contribution in [1.82, 2.24) is 9.55 Å². The Labute approximate surface area is 115 Å². The first-order valence-electron chi connectivity index (χ1n) is 5.92. The van der Waals surface area contributed by atoms with E-state index in [1.54, 1.807) is 43.9 Å². The number of nitrogens with two attached hydrogens (primary N) is 1. The fourth-order valence-electron chi connectivity index (χ4n) is 1.70. The number of benzene rings is 1. The van der Waals surface area contributed by atoms with Crippen molar-refractivity contribution in [2.75, 3.05) is 19.5 Å². The molecule has 0 aliphatic heterocycles.